The molecule has 2 heteroatoms. The molecule has 1 heterocycles. The third-order valence-corrected chi connectivity index (χ3v) is 2.92. The van der Waals surface area contributed by atoms with Gasteiger partial charge in [-0.05, 0) is 23.6 Å². The summed E-state index contributed by atoms with van der Waals surface area (Å²) in [6, 6.07) is 13.8. The van der Waals surface area contributed by atoms with E-state index in [0.29, 0.717) is 12.8 Å². The Hall–Kier alpha value is -1.96. The van der Waals surface area contributed by atoms with Gasteiger partial charge in [0.1, 0.15) is 5.78 Å². The third-order valence-electron chi connectivity index (χ3n) is 2.92. The molecule has 0 saturated heterocycles. The summed E-state index contributed by atoms with van der Waals surface area (Å²) in [4.78, 5) is 16.2. The van der Waals surface area contributed by atoms with Gasteiger partial charge >= 0.3 is 0 Å². The van der Waals surface area contributed by atoms with Crippen LogP contribution < -0.4 is 0 Å². The molecule has 2 rings (SSSR count). The SMILES string of the molecule is CCc1ccc(CC(=O)Cc2ccccc2)nc1. The smallest absolute Gasteiger partial charge is 0.143 e. The van der Waals surface area contributed by atoms with Crippen LogP contribution >= 0.6 is 0 Å². The van der Waals surface area contributed by atoms with Gasteiger partial charge in [-0.1, -0.05) is 43.3 Å². The van der Waals surface area contributed by atoms with Crippen molar-refractivity contribution < 1.29 is 4.79 Å². The van der Waals surface area contributed by atoms with E-state index >= 15 is 0 Å². The molecule has 0 aliphatic carbocycles. The second kappa shape index (κ2) is 6.10. The number of carbonyl (C=O) groups is 1. The molecular weight excluding hydrogens is 222 g/mol. The highest BCUT2D eigenvalue weighted by Gasteiger charge is 2.05. The normalized spacial score (nSPS) is 10.3. The first-order valence-electron chi connectivity index (χ1n) is 6.27. The molecule has 0 unspecified atom stereocenters. The lowest BCUT2D eigenvalue weighted by molar-refractivity contribution is -0.117. The molecular formula is C16H17NO. The molecule has 0 fully saturated rings. The average Bonchev–Trinajstić information content (AvgIpc) is 2.40. The highest BCUT2D eigenvalue weighted by atomic mass is 16.1. The molecule has 0 radical (unpaired) electrons. The summed E-state index contributed by atoms with van der Waals surface area (Å²) >= 11 is 0. The average molecular weight is 239 g/mol. The molecule has 0 aliphatic rings. The fraction of sp³-hybridized carbons (Fsp3) is 0.250. The van der Waals surface area contributed by atoms with Crippen LogP contribution in [0.3, 0.4) is 0 Å². The lowest BCUT2D eigenvalue weighted by Crippen LogP contribution is -2.07. The third kappa shape index (κ3) is 3.52. The minimum absolute atomic E-state index is 0.206. The van der Waals surface area contributed by atoms with Crippen molar-refractivity contribution in [3.63, 3.8) is 0 Å². The molecule has 18 heavy (non-hydrogen) atoms. The molecule has 1 aromatic heterocycles. The maximum absolute atomic E-state index is 11.9. The lowest BCUT2D eigenvalue weighted by Gasteiger charge is -2.02. The van der Waals surface area contributed by atoms with Crippen molar-refractivity contribution in [1.82, 2.24) is 4.98 Å². The van der Waals surface area contributed by atoms with E-state index in [0.717, 1.165) is 17.7 Å². The van der Waals surface area contributed by atoms with Crippen LogP contribution in [0.4, 0.5) is 0 Å². The Bertz CT molecular complexity index is 502. The lowest BCUT2D eigenvalue weighted by atomic mass is 10.1. The van der Waals surface area contributed by atoms with Crippen LogP contribution in [0.5, 0.6) is 0 Å². The van der Waals surface area contributed by atoms with Crippen LogP contribution in [0.1, 0.15) is 23.7 Å². The molecule has 1 aromatic carbocycles. The van der Waals surface area contributed by atoms with E-state index in [9.17, 15) is 4.79 Å². The van der Waals surface area contributed by atoms with E-state index in [4.69, 9.17) is 0 Å². The van der Waals surface area contributed by atoms with Crippen molar-refractivity contribution in [1.29, 1.82) is 0 Å². The number of pyridine rings is 1. The van der Waals surface area contributed by atoms with E-state index in [-0.39, 0.29) is 5.78 Å². The molecule has 2 aromatic rings. The zero-order chi connectivity index (χ0) is 12.8. The van der Waals surface area contributed by atoms with Gasteiger partial charge in [0.05, 0.1) is 0 Å². The predicted molar refractivity (Wildman–Crippen MR) is 72.5 cm³/mol. The Morgan fingerprint density at radius 3 is 2.39 bits per heavy atom. The van der Waals surface area contributed by atoms with Gasteiger partial charge in [-0.3, -0.25) is 9.78 Å². The predicted octanol–water partition coefficient (Wildman–Crippen LogP) is 3.00. The number of nitrogens with zero attached hydrogens (tertiary/aromatic N) is 1. The van der Waals surface area contributed by atoms with E-state index in [2.05, 4.69) is 11.9 Å². The van der Waals surface area contributed by atoms with Crippen LogP contribution in [0.2, 0.25) is 0 Å². The van der Waals surface area contributed by atoms with Crippen LogP contribution in [0.25, 0.3) is 0 Å². The van der Waals surface area contributed by atoms with Gasteiger partial charge in [-0.2, -0.15) is 0 Å². The van der Waals surface area contributed by atoms with E-state index in [1.807, 2.05) is 48.7 Å². The largest absolute Gasteiger partial charge is 0.299 e. The summed E-state index contributed by atoms with van der Waals surface area (Å²) < 4.78 is 0. The first-order valence-corrected chi connectivity index (χ1v) is 6.27. The Kier molecular flexibility index (Phi) is 4.24. The maximum atomic E-state index is 11.9. The zero-order valence-electron chi connectivity index (χ0n) is 10.6. The molecule has 0 N–H and O–H groups in total. The van der Waals surface area contributed by atoms with Gasteiger partial charge in [-0.15, -0.1) is 0 Å². The fourth-order valence-electron chi connectivity index (χ4n) is 1.86. The number of ketones is 1. The number of benzene rings is 1. The van der Waals surface area contributed by atoms with E-state index < -0.39 is 0 Å². The van der Waals surface area contributed by atoms with Crippen molar-refractivity contribution >= 4 is 5.78 Å². The van der Waals surface area contributed by atoms with Gasteiger partial charge in [0.25, 0.3) is 0 Å². The number of hydrogen-bond donors (Lipinski definition) is 0. The Balaban J connectivity index is 1.94. The number of aromatic nitrogens is 1. The van der Waals surface area contributed by atoms with Crippen molar-refractivity contribution in [2.75, 3.05) is 0 Å². The maximum Gasteiger partial charge on any atom is 0.143 e. The molecule has 0 bridgehead atoms. The number of carbonyl (C=O) groups excluding carboxylic acids is 1. The van der Waals surface area contributed by atoms with E-state index in [1.165, 1.54) is 5.56 Å². The van der Waals surface area contributed by atoms with Crippen molar-refractivity contribution in [2.45, 2.75) is 26.2 Å². The summed E-state index contributed by atoms with van der Waals surface area (Å²) in [6.45, 7) is 2.09. The second-order valence-electron chi connectivity index (χ2n) is 4.39. The molecule has 0 saturated carbocycles. The van der Waals surface area contributed by atoms with Crippen LogP contribution in [-0.4, -0.2) is 10.8 Å². The fourth-order valence-corrected chi connectivity index (χ4v) is 1.86. The molecule has 0 spiro atoms. The summed E-state index contributed by atoms with van der Waals surface area (Å²) in [7, 11) is 0. The quantitative estimate of drug-likeness (QED) is 0.802. The molecule has 0 atom stereocenters. The second-order valence-corrected chi connectivity index (χ2v) is 4.39. The van der Waals surface area contributed by atoms with Crippen molar-refractivity contribution in [3.8, 4) is 0 Å². The number of rotatable bonds is 5. The number of hydrogen-bond acceptors (Lipinski definition) is 2. The Morgan fingerprint density at radius 2 is 1.78 bits per heavy atom. The molecule has 2 nitrogen and oxygen atoms in total. The van der Waals surface area contributed by atoms with E-state index in [1.54, 1.807) is 0 Å². The molecule has 92 valence electrons. The standard InChI is InChI=1S/C16H17NO/c1-2-13-8-9-15(17-12-13)11-16(18)10-14-6-4-3-5-7-14/h3-9,12H,2,10-11H2,1H3. The van der Waals surface area contributed by atoms with Crippen molar-refractivity contribution in [3.05, 3.63) is 65.5 Å². The monoisotopic (exact) mass is 239 g/mol. The van der Waals surface area contributed by atoms with Crippen LogP contribution in [0.15, 0.2) is 48.7 Å². The summed E-state index contributed by atoms with van der Waals surface area (Å²) in [5.41, 5.74) is 3.12. The minimum Gasteiger partial charge on any atom is -0.299 e. The molecule has 0 amide bonds. The van der Waals surface area contributed by atoms with Crippen molar-refractivity contribution in [2.24, 2.45) is 0 Å². The molecule has 0 aliphatic heterocycles. The zero-order valence-corrected chi connectivity index (χ0v) is 10.6. The van der Waals surface area contributed by atoms with Gasteiger partial charge in [0.2, 0.25) is 0 Å². The Labute approximate surface area is 108 Å². The number of Topliss-reactive ketones (excluding diaryl/α,β-unsaturated/α-hetero) is 1. The summed E-state index contributed by atoms with van der Waals surface area (Å²) in [6.07, 6.45) is 3.73. The summed E-state index contributed by atoms with van der Waals surface area (Å²) in [5, 5.41) is 0. The topological polar surface area (TPSA) is 30.0 Å². The number of aryl methyl sites for hydroxylation is 1. The van der Waals surface area contributed by atoms with Gasteiger partial charge in [-0.25, -0.2) is 0 Å². The van der Waals surface area contributed by atoms with Gasteiger partial charge in [0.15, 0.2) is 0 Å². The van der Waals surface area contributed by atoms with Crippen LogP contribution in [0, 0.1) is 0 Å². The highest BCUT2D eigenvalue weighted by Crippen LogP contribution is 2.05. The van der Waals surface area contributed by atoms with Gasteiger partial charge < -0.3 is 0 Å². The Morgan fingerprint density at radius 1 is 1.00 bits per heavy atom. The first-order chi connectivity index (χ1) is 8.78. The summed E-state index contributed by atoms with van der Waals surface area (Å²) in [5.74, 6) is 0.206. The highest BCUT2D eigenvalue weighted by molar-refractivity contribution is 5.82. The van der Waals surface area contributed by atoms with Gasteiger partial charge in [0, 0.05) is 24.7 Å². The first kappa shape index (κ1) is 12.5. The minimum atomic E-state index is 0.206. The van der Waals surface area contributed by atoms with Crippen LogP contribution in [-0.2, 0) is 24.1 Å².